The molecule has 0 unspecified atom stereocenters. The molecule has 110 valence electrons. The highest BCUT2D eigenvalue weighted by molar-refractivity contribution is 5.87. The van der Waals surface area contributed by atoms with Crippen LogP contribution in [0.3, 0.4) is 0 Å². The Labute approximate surface area is 117 Å². The molecule has 2 heterocycles. The second-order valence-corrected chi connectivity index (χ2v) is 4.86. The van der Waals surface area contributed by atoms with Crippen molar-refractivity contribution in [3.05, 3.63) is 35.9 Å². The van der Waals surface area contributed by atoms with Gasteiger partial charge in [0.25, 0.3) is 0 Å². The minimum Gasteiger partial charge on any atom is -0.477 e. The zero-order valence-electron chi connectivity index (χ0n) is 10.6. The Hall–Kier alpha value is -2.38. The third-order valence-electron chi connectivity index (χ3n) is 3.26. The van der Waals surface area contributed by atoms with Crippen molar-refractivity contribution in [3.8, 4) is 11.1 Å². The van der Waals surface area contributed by atoms with Crippen LogP contribution >= 0.6 is 0 Å². The van der Waals surface area contributed by atoms with Gasteiger partial charge < -0.3 is 5.11 Å². The van der Waals surface area contributed by atoms with Crippen molar-refractivity contribution in [1.29, 1.82) is 0 Å². The molecule has 5 nitrogen and oxygen atoms in total. The first-order valence-corrected chi connectivity index (χ1v) is 6.21. The van der Waals surface area contributed by atoms with Gasteiger partial charge in [-0.2, -0.15) is 18.3 Å². The van der Waals surface area contributed by atoms with Crippen LogP contribution < -0.4 is 0 Å². The van der Waals surface area contributed by atoms with Gasteiger partial charge in [0, 0.05) is 23.5 Å². The van der Waals surface area contributed by atoms with Gasteiger partial charge in [-0.1, -0.05) is 0 Å². The topological polar surface area (TPSA) is 68.0 Å². The van der Waals surface area contributed by atoms with Gasteiger partial charge >= 0.3 is 12.1 Å². The van der Waals surface area contributed by atoms with Crippen molar-refractivity contribution >= 4 is 5.97 Å². The van der Waals surface area contributed by atoms with E-state index >= 15 is 0 Å². The van der Waals surface area contributed by atoms with E-state index in [-0.39, 0.29) is 17.2 Å². The van der Waals surface area contributed by atoms with E-state index in [1.807, 2.05) is 0 Å². The highest BCUT2D eigenvalue weighted by atomic mass is 19.4. The summed E-state index contributed by atoms with van der Waals surface area (Å²) in [5.74, 6) is -1.38. The zero-order valence-corrected chi connectivity index (χ0v) is 10.6. The van der Waals surface area contributed by atoms with Crippen LogP contribution in [0.5, 0.6) is 0 Å². The van der Waals surface area contributed by atoms with Gasteiger partial charge in [0.2, 0.25) is 0 Å². The predicted molar refractivity (Wildman–Crippen MR) is 65.7 cm³/mol. The Balaban J connectivity index is 2.11. The lowest BCUT2D eigenvalue weighted by Crippen LogP contribution is -2.10. The highest BCUT2D eigenvalue weighted by Gasteiger charge is 2.35. The highest BCUT2D eigenvalue weighted by Crippen LogP contribution is 2.39. The largest absolute Gasteiger partial charge is 0.477 e. The van der Waals surface area contributed by atoms with Crippen LogP contribution in [0.1, 0.15) is 34.9 Å². The molecule has 2 aromatic rings. The van der Waals surface area contributed by atoms with Crippen LogP contribution in [0.25, 0.3) is 11.1 Å². The average molecular weight is 297 g/mol. The van der Waals surface area contributed by atoms with E-state index in [0.717, 1.165) is 18.9 Å². The maximum atomic E-state index is 13.0. The van der Waals surface area contributed by atoms with E-state index in [9.17, 15) is 18.0 Å². The molecule has 1 aliphatic carbocycles. The smallest absolute Gasteiger partial charge is 0.418 e. The number of carboxylic acid groups (broad SMARTS) is 1. The molecule has 1 fully saturated rings. The quantitative estimate of drug-likeness (QED) is 0.945. The number of aromatic carboxylic acids is 1. The standard InChI is InChI=1S/C13H10F3N3O2/c14-13(15,16)10-5-17-11(12(20)21)3-9(10)7-4-18-19(6-7)8-1-2-8/h3-6,8H,1-2H2,(H,20,21). The lowest BCUT2D eigenvalue weighted by Gasteiger charge is -2.11. The number of carboxylic acids is 1. The fraction of sp³-hybridized carbons (Fsp3) is 0.308. The second-order valence-electron chi connectivity index (χ2n) is 4.86. The first-order valence-electron chi connectivity index (χ1n) is 6.21. The summed E-state index contributed by atoms with van der Waals surface area (Å²) in [6.07, 6.45) is 0.657. The molecule has 2 aromatic heterocycles. The fourth-order valence-electron chi connectivity index (χ4n) is 2.05. The molecule has 21 heavy (non-hydrogen) atoms. The van der Waals surface area contributed by atoms with E-state index in [2.05, 4.69) is 10.1 Å². The van der Waals surface area contributed by atoms with Crippen LogP contribution in [-0.4, -0.2) is 25.8 Å². The minimum atomic E-state index is -4.61. The number of nitrogens with zero attached hydrogens (tertiary/aromatic N) is 3. The Morgan fingerprint density at radius 2 is 2.05 bits per heavy atom. The van der Waals surface area contributed by atoms with E-state index < -0.39 is 23.4 Å². The van der Waals surface area contributed by atoms with E-state index in [0.29, 0.717) is 6.20 Å². The first kappa shape index (κ1) is 13.6. The maximum Gasteiger partial charge on any atom is 0.418 e. The molecule has 0 aromatic carbocycles. The number of carbonyl (C=O) groups is 1. The van der Waals surface area contributed by atoms with Crippen molar-refractivity contribution in [1.82, 2.24) is 14.8 Å². The molecule has 0 saturated heterocycles. The number of halogens is 3. The second kappa shape index (κ2) is 4.57. The number of hydrogen-bond donors (Lipinski definition) is 1. The van der Waals surface area contributed by atoms with Gasteiger partial charge in [-0.15, -0.1) is 0 Å². The Bertz CT molecular complexity index is 705. The van der Waals surface area contributed by atoms with Crippen LogP contribution in [0, 0.1) is 0 Å². The Kier molecular flexibility index (Phi) is 2.96. The number of pyridine rings is 1. The Morgan fingerprint density at radius 1 is 1.33 bits per heavy atom. The molecule has 8 heteroatoms. The molecule has 3 rings (SSSR count). The maximum absolute atomic E-state index is 13.0. The molecule has 0 bridgehead atoms. The number of rotatable bonds is 3. The normalized spacial score (nSPS) is 15.2. The van der Waals surface area contributed by atoms with Gasteiger partial charge in [-0.25, -0.2) is 9.78 Å². The molecule has 0 atom stereocenters. The number of hydrogen-bond acceptors (Lipinski definition) is 3. The van der Waals surface area contributed by atoms with Crippen molar-refractivity contribution < 1.29 is 23.1 Å². The molecule has 0 aliphatic heterocycles. The summed E-state index contributed by atoms with van der Waals surface area (Å²) in [5.41, 5.74) is -1.39. The lowest BCUT2D eigenvalue weighted by molar-refractivity contribution is -0.137. The van der Waals surface area contributed by atoms with Crippen LogP contribution in [-0.2, 0) is 6.18 Å². The van der Waals surface area contributed by atoms with Crippen LogP contribution in [0.4, 0.5) is 13.2 Å². The molecule has 1 aliphatic rings. The summed E-state index contributed by atoms with van der Waals surface area (Å²) in [7, 11) is 0. The van der Waals surface area contributed by atoms with Crippen molar-refractivity contribution in [2.24, 2.45) is 0 Å². The molecule has 0 spiro atoms. The number of aromatic nitrogens is 3. The van der Waals surface area contributed by atoms with Crippen molar-refractivity contribution in [2.75, 3.05) is 0 Å². The van der Waals surface area contributed by atoms with Crippen molar-refractivity contribution in [2.45, 2.75) is 25.1 Å². The summed E-state index contributed by atoms with van der Waals surface area (Å²) in [6.45, 7) is 0. The number of alkyl halides is 3. The van der Waals surface area contributed by atoms with Gasteiger partial charge in [0.05, 0.1) is 17.8 Å². The molecular weight excluding hydrogens is 287 g/mol. The summed E-state index contributed by atoms with van der Waals surface area (Å²) in [4.78, 5) is 14.2. The molecule has 0 radical (unpaired) electrons. The molecule has 1 N–H and O–H groups in total. The minimum absolute atomic E-state index is 0.221. The van der Waals surface area contributed by atoms with Gasteiger partial charge in [-0.05, 0) is 18.9 Å². The third-order valence-corrected chi connectivity index (χ3v) is 3.26. The summed E-state index contributed by atoms with van der Waals surface area (Å²) < 4.78 is 40.7. The van der Waals surface area contributed by atoms with Crippen molar-refractivity contribution in [3.63, 3.8) is 0 Å². The monoisotopic (exact) mass is 297 g/mol. The third kappa shape index (κ3) is 2.61. The van der Waals surface area contributed by atoms with Gasteiger partial charge in [0.1, 0.15) is 5.69 Å². The van der Waals surface area contributed by atoms with E-state index in [1.54, 1.807) is 4.68 Å². The zero-order chi connectivity index (χ0) is 15.2. The summed E-state index contributed by atoms with van der Waals surface area (Å²) >= 11 is 0. The fourth-order valence-corrected chi connectivity index (χ4v) is 2.05. The predicted octanol–water partition coefficient (Wildman–Crippen LogP) is 3.00. The molecule has 0 amide bonds. The Morgan fingerprint density at radius 3 is 2.62 bits per heavy atom. The first-order chi connectivity index (χ1) is 9.86. The van der Waals surface area contributed by atoms with Gasteiger partial charge in [-0.3, -0.25) is 4.68 Å². The van der Waals surface area contributed by atoms with E-state index in [4.69, 9.17) is 5.11 Å². The summed E-state index contributed by atoms with van der Waals surface area (Å²) in [6, 6.07) is 1.16. The summed E-state index contributed by atoms with van der Waals surface area (Å²) in [5, 5.41) is 12.9. The molecular formula is C13H10F3N3O2. The molecule has 1 saturated carbocycles. The SMILES string of the molecule is O=C(O)c1cc(-c2cnn(C3CC3)c2)c(C(F)(F)F)cn1. The average Bonchev–Trinajstić information content (AvgIpc) is 3.15. The van der Waals surface area contributed by atoms with Crippen LogP contribution in [0.2, 0.25) is 0 Å². The van der Waals surface area contributed by atoms with E-state index in [1.165, 1.54) is 12.4 Å². The lowest BCUT2D eigenvalue weighted by atomic mass is 10.0. The van der Waals surface area contributed by atoms with Crippen LogP contribution in [0.15, 0.2) is 24.7 Å². The van der Waals surface area contributed by atoms with Gasteiger partial charge in [0.15, 0.2) is 0 Å².